The Balaban J connectivity index is 1.66. The van der Waals surface area contributed by atoms with Gasteiger partial charge in [-0.3, -0.25) is 28.5 Å². The Morgan fingerprint density at radius 2 is 1.87 bits per heavy atom. The Morgan fingerprint density at radius 1 is 1.15 bits per heavy atom. The smallest absolute Gasteiger partial charge is 0.312 e. The van der Waals surface area contributed by atoms with E-state index in [1.165, 1.54) is 56.2 Å². The predicted octanol–water partition coefficient (Wildman–Crippen LogP) is 2.86. The molecule has 0 spiro atoms. The predicted molar refractivity (Wildman–Crippen MR) is 135 cm³/mol. The van der Waals surface area contributed by atoms with E-state index in [2.05, 4.69) is 20.3 Å². The molecular weight excluding hydrogens is 519 g/mol. The molecule has 0 aliphatic rings. The summed E-state index contributed by atoms with van der Waals surface area (Å²) in [7, 11) is 1.40. The molecule has 14 heteroatoms. The van der Waals surface area contributed by atoms with Gasteiger partial charge in [-0.15, -0.1) is 0 Å². The molecule has 0 fully saturated rings. The number of imidazole rings is 1. The number of carbonyl (C=O) groups excluding carboxylic acids is 2. The van der Waals surface area contributed by atoms with E-state index in [9.17, 15) is 32.3 Å². The van der Waals surface area contributed by atoms with Crippen molar-refractivity contribution in [1.82, 2.24) is 28.7 Å². The Morgan fingerprint density at radius 3 is 2.54 bits per heavy atom. The zero-order valence-corrected chi connectivity index (χ0v) is 21.4. The molecule has 4 heterocycles. The minimum Gasteiger partial charge on any atom is -0.312 e. The van der Waals surface area contributed by atoms with Gasteiger partial charge in [0, 0.05) is 30.9 Å². The maximum absolute atomic E-state index is 13.3. The summed E-state index contributed by atoms with van der Waals surface area (Å²) < 4.78 is 43.2. The van der Waals surface area contributed by atoms with Gasteiger partial charge in [0.1, 0.15) is 11.9 Å². The van der Waals surface area contributed by atoms with E-state index in [-0.39, 0.29) is 46.1 Å². The van der Waals surface area contributed by atoms with Crippen LogP contribution in [0.4, 0.5) is 19.0 Å². The van der Waals surface area contributed by atoms with Crippen LogP contribution in [0.1, 0.15) is 37.6 Å². The minimum absolute atomic E-state index is 0.0392. The Hall–Kier alpha value is -4.62. The summed E-state index contributed by atoms with van der Waals surface area (Å²) >= 11 is 0. The molecule has 0 saturated heterocycles. The molecule has 0 aromatic carbocycles. The molecule has 0 radical (unpaired) electrons. The topological polar surface area (TPSA) is 134 Å². The van der Waals surface area contributed by atoms with Gasteiger partial charge in [0.15, 0.2) is 16.9 Å². The second-order valence-electron chi connectivity index (χ2n) is 8.88. The standard InChI is InChI=1S/C25H24F3N7O4/c1-5-16(36)11-34-23(38)20-21(33(4)24(34)39)30-12-35(20)14(3)22(37)32-19-8-6-7-18(31-19)15-9-17(25(26,27)28)13(2)29-10-15/h6-10,12,14H,5,11H2,1-4H3,(H,31,32,37)/t14-/m0/s1. The molecule has 1 amide bonds. The minimum atomic E-state index is -4.59. The van der Waals surface area contributed by atoms with E-state index in [1.807, 2.05) is 0 Å². The van der Waals surface area contributed by atoms with Crippen LogP contribution in [0.3, 0.4) is 0 Å². The first-order chi connectivity index (χ1) is 18.3. The summed E-state index contributed by atoms with van der Waals surface area (Å²) in [6.45, 7) is 3.95. The number of aryl methyl sites for hydroxylation is 2. The van der Waals surface area contributed by atoms with Crippen LogP contribution in [0.15, 0.2) is 46.4 Å². The highest BCUT2D eigenvalue weighted by Gasteiger charge is 2.33. The second kappa shape index (κ2) is 10.3. The zero-order valence-electron chi connectivity index (χ0n) is 21.4. The van der Waals surface area contributed by atoms with Crippen LogP contribution in [-0.4, -0.2) is 40.3 Å². The second-order valence-corrected chi connectivity index (χ2v) is 8.88. The van der Waals surface area contributed by atoms with E-state index in [1.54, 1.807) is 6.92 Å². The number of hydrogen-bond donors (Lipinski definition) is 1. The van der Waals surface area contributed by atoms with E-state index in [0.29, 0.717) is 0 Å². The molecule has 0 aliphatic heterocycles. The van der Waals surface area contributed by atoms with Crippen LogP contribution in [0.5, 0.6) is 0 Å². The van der Waals surface area contributed by atoms with Crippen molar-refractivity contribution in [3.05, 3.63) is 68.9 Å². The van der Waals surface area contributed by atoms with Crippen molar-refractivity contribution >= 4 is 28.7 Å². The lowest BCUT2D eigenvalue weighted by molar-refractivity contribution is -0.138. The maximum Gasteiger partial charge on any atom is 0.418 e. The first kappa shape index (κ1) is 27.4. The highest BCUT2D eigenvalue weighted by atomic mass is 19.4. The fourth-order valence-electron chi connectivity index (χ4n) is 3.99. The largest absolute Gasteiger partial charge is 0.418 e. The van der Waals surface area contributed by atoms with Gasteiger partial charge in [0.25, 0.3) is 5.56 Å². The van der Waals surface area contributed by atoms with Crippen LogP contribution in [-0.2, 0) is 29.4 Å². The van der Waals surface area contributed by atoms with Gasteiger partial charge in [-0.1, -0.05) is 13.0 Å². The third-order valence-electron chi connectivity index (χ3n) is 6.27. The quantitative estimate of drug-likeness (QED) is 0.379. The molecule has 39 heavy (non-hydrogen) atoms. The number of pyridine rings is 2. The molecule has 0 unspecified atom stereocenters. The summed E-state index contributed by atoms with van der Waals surface area (Å²) in [5.41, 5.74) is -2.28. The normalized spacial score (nSPS) is 12.5. The highest BCUT2D eigenvalue weighted by Crippen LogP contribution is 2.33. The van der Waals surface area contributed by atoms with Crippen LogP contribution < -0.4 is 16.6 Å². The number of nitrogens with one attached hydrogen (secondary N) is 1. The van der Waals surface area contributed by atoms with Crippen molar-refractivity contribution in [2.45, 2.75) is 46.0 Å². The van der Waals surface area contributed by atoms with Crippen molar-refractivity contribution in [1.29, 1.82) is 0 Å². The molecule has 1 atom stereocenters. The number of Topliss-reactive ketones (excluding diaryl/α,β-unsaturated/α-hetero) is 1. The van der Waals surface area contributed by atoms with E-state index in [4.69, 9.17) is 0 Å². The number of halogens is 3. The zero-order chi connectivity index (χ0) is 28.6. The molecule has 0 saturated carbocycles. The Labute approximate surface area is 219 Å². The van der Waals surface area contributed by atoms with Gasteiger partial charge in [-0.05, 0) is 32.0 Å². The summed E-state index contributed by atoms with van der Waals surface area (Å²) in [6.07, 6.45) is -1.96. The van der Waals surface area contributed by atoms with Gasteiger partial charge in [-0.25, -0.2) is 14.8 Å². The van der Waals surface area contributed by atoms with E-state index in [0.717, 1.165) is 15.2 Å². The molecule has 11 nitrogen and oxygen atoms in total. The number of fused-ring (bicyclic) bond motifs is 1. The molecule has 1 N–H and O–H groups in total. The SMILES string of the molecule is CCC(=O)Cn1c(=O)c2c(ncn2[C@@H](C)C(=O)Nc2cccc(-c3cnc(C)c(C(F)(F)F)c3)n2)n(C)c1=O. The van der Waals surface area contributed by atoms with Crippen molar-refractivity contribution < 1.29 is 22.8 Å². The van der Waals surface area contributed by atoms with Gasteiger partial charge in [0.05, 0.1) is 24.1 Å². The number of amides is 1. The fraction of sp³-hybridized carbons (Fsp3) is 0.320. The summed E-state index contributed by atoms with van der Waals surface area (Å²) in [5, 5.41) is 2.59. The van der Waals surface area contributed by atoms with Gasteiger partial charge >= 0.3 is 11.9 Å². The Bertz CT molecular complexity index is 1720. The number of rotatable bonds is 7. The summed E-state index contributed by atoms with van der Waals surface area (Å²) in [4.78, 5) is 63.0. The number of alkyl halides is 3. The molecule has 0 bridgehead atoms. The average Bonchev–Trinajstić information content (AvgIpc) is 3.34. The van der Waals surface area contributed by atoms with Gasteiger partial charge < -0.3 is 9.88 Å². The van der Waals surface area contributed by atoms with Crippen LogP contribution in [0.25, 0.3) is 22.4 Å². The van der Waals surface area contributed by atoms with Crippen molar-refractivity contribution in [2.24, 2.45) is 7.05 Å². The third kappa shape index (κ3) is 5.22. The maximum atomic E-state index is 13.3. The van der Waals surface area contributed by atoms with Crippen molar-refractivity contribution in [2.75, 3.05) is 5.32 Å². The van der Waals surface area contributed by atoms with Gasteiger partial charge in [0.2, 0.25) is 5.91 Å². The van der Waals surface area contributed by atoms with Crippen LogP contribution in [0, 0.1) is 6.92 Å². The number of aromatic nitrogens is 6. The highest BCUT2D eigenvalue weighted by molar-refractivity contribution is 5.93. The molecule has 4 aromatic heterocycles. The average molecular weight is 544 g/mol. The van der Waals surface area contributed by atoms with E-state index < -0.39 is 41.5 Å². The molecule has 0 aliphatic carbocycles. The van der Waals surface area contributed by atoms with Crippen LogP contribution in [0.2, 0.25) is 0 Å². The first-order valence-corrected chi connectivity index (χ1v) is 11.8. The number of nitrogens with zero attached hydrogens (tertiary/aromatic N) is 6. The van der Waals surface area contributed by atoms with Gasteiger partial charge in [-0.2, -0.15) is 13.2 Å². The lowest BCUT2D eigenvalue weighted by Crippen LogP contribution is -2.41. The summed E-state index contributed by atoms with van der Waals surface area (Å²) in [6, 6.07) is 4.38. The number of hydrogen-bond acceptors (Lipinski definition) is 7. The van der Waals surface area contributed by atoms with Crippen molar-refractivity contribution in [3.8, 4) is 11.3 Å². The summed E-state index contributed by atoms with van der Waals surface area (Å²) in [5.74, 6) is -0.870. The van der Waals surface area contributed by atoms with Crippen molar-refractivity contribution in [3.63, 3.8) is 0 Å². The lowest BCUT2D eigenvalue weighted by atomic mass is 10.1. The first-order valence-electron chi connectivity index (χ1n) is 11.8. The number of anilines is 1. The van der Waals surface area contributed by atoms with E-state index >= 15 is 0 Å². The molecular formula is C25H24F3N7O4. The lowest BCUT2D eigenvalue weighted by Gasteiger charge is -2.15. The fourth-order valence-corrected chi connectivity index (χ4v) is 3.99. The van der Waals surface area contributed by atoms with Crippen LogP contribution >= 0.6 is 0 Å². The Kier molecular flexibility index (Phi) is 7.22. The molecule has 4 aromatic rings. The number of ketones is 1. The monoisotopic (exact) mass is 543 g/mol. The number of carbonyl (C=O) groups is 2. The third-order valence-corrected chi connectivity index (χ3v) is 6.27. The molecule has 4 rings (SSSR count). The molecule has 204 valence electrons.